The Morgan fingerprint density at radius 3 is 1.55 bits per heavy atom. The van der Waals surface area contributed by atoms with Crippen LogP contribution in [0.15, 0.2) is 212 Å². The van der Waals surface area contributed by atoms with Gasteiger partial charge >= 0.3 is 10.6 Å². The maximum atomic E-state index is 15.0. The highest BCUT2D eigenvalue weighted by molar-refractivity contribution is 7.59. The number of carbonyl (C=O) groups is 2. The van der Waals surface area contributed by atoms with Crippen molar-refractivity contribution in [2.24, 2.45) is 0 Å². The quantitative estimate of drug-likeness (QED) is 0.0823. The molecule has 0 amide bonds. The number of carbonyl (C=O) groups excluding carboxylic acids is 2. The first-order valence-corrected chi connectivity index (χ1v) is 27.4. The van der Waals surface area contributed by atoms with Gasteiger partial charge in [0.25, 0.3) is 0 Å². The van der Waals surface area contributed by atoms with Crippen molar-refractivity contribution in [1.82, 2.24) is 4.98 Å². The molecule has 1 aromatic heterocycles. The van der Waals surface area contributed by atoms with Gasteiger partial charge in [0.05, 0.1) is 5.56 Å². The third-order valence-corrected chi connectivity index (χ3v) is 13.4. The number of hydrogen-bond donors (Lipinski definition) is 0. The van der Waals surface area contributed by atoms with Crippen LogP contribution in [0.5, 0.6) is 57.6 Å². The summed E-state index contributed by atoms with van der Waals surface area (Å²) in [7, 11) is -3.11. The molecule has 10 rings (SSSR count). The van der Waals surface area contributed by atoms with Crippen LogP contribution in [0, 0.1) is 47.8 Å². The van der Waals surface area contributed by atoms with Gasteiger partial charge in [0, 0.05) is 45.6 Å². The lowest BCUT2D eigenvalue weighted by atomic mass is 9.86. The molecule has 0 atom stereocenters. The summed E-state index contributed by atoms with van der Waals surface area (Å²) in [6.07, 6.45) is 1.63. The minimum atomic E-state index is -3.11. The molecule has 416 valence electrons. The van der Waals surface area contributed by atoms with Gasteiger partial charge in [-0.3, -0.25) is 9.59 Å². The zero-order valence-corrected chi connectivity index (χ0v) is 47.3. The molecule has 0 saturated heterocycles. The molecule has 0 bridgehead atoms. The van der Waals surface area contributed by atoms with E-state index in [1.165, 1.54) is 0 Å². The van der Waals surface area contributed by atoms with Crippen LogP contribution < -0.4 is 23.7 Å². The second-order valence-corrected chi connectivity index (χ2v) is 20.6. The largest absolute Gasteiger partial charge is 0.456 e. The Bertz CT molecular complexity index is 4410. The van der Waals surface area contributed by atoms with Gasteiger partial charge < -0.3 is 23.7 Å². The summed E-state index contributed by atoms with van der Waals surface area (Å²) < 4.78 is 56.7. The number of aromatic nitrogens is 1. The number of ether oxygens (including phenoxy) is 5. The van der Waals surface area contributed by atoms with Gasteiger partial charge in [0.1, 0.15) is 81.1 Å². The van der Waals surface area contributed by atoms with E-state index in [-0.39, 0.29) is 39.9 Å². The maximum Gasteiger partial charge on any atom is 0.425 e. The highest BCUT2D eigenvalue weighted by Crippen LogP contribution is 2.43. The fourth-order valence-corrected chi connectivity index (χ4v) is 9.27. The molecule has 0 radical (unpaired) electrons. The van der Waals surface area contributed by atoms with E-state index in [2.05, 4.69) is 23.2 Å². The average Bonchev–Trinajstić information content (AvgIpc) is 3.28. The summed E-state index contributed by atoms with van der Waals surface area (Å²) >= 11 is 0. The van der Waals surface area contributed by atoms with Crippen molar-refractivity contribution in [2.45, 2.75) is 40.0 Å². The molecule has 9 aromatic carbocycles. The standard InChI is InChI=1S/C70H50N4O7.O3S/c1-44-23-34-53(56(38-44)68(75)46-15-7-6-8-16-46)48-26-35-55(57(39-48)69(76)47-24-27-51(28-25-47)80-67-22-9-10-37-74-67)54-17-12-19-63(59(54)42-72)79-52-33-36-66(61(40-52)70(3,4)5)81-65-21-13-20-64(60(65)43-73)78-50-31-29-49(30-32-50)77-62-18-11-14-45(2)58(62)41-71;1-4(2)3/h6-40H,1-5H3;. The third-order valence-electron chi connectivity index (χ3n) is 13.4. The fraction of sp³-hybridized carbons (Fsp3) is 0.0857. The van der Waals surface area contributed by atoms with Crippen molar-refractivity contribution in [2.75, 3.05) is 0 Å². The van der Waals surface area contributed by atoms with Crippen LogP contribution in [0.4, 0.5) is 0 Å². The Kier molecular flexibility index (Phi) is 17.8. The number of nitriles is 3. The zero-order valence-electron chi connectivity index (χ0n) is 46.5. The molecule has 0 saturated carbocycles. The molecule has 10 aromatic rings. The number of benzene rings is 9. The smallest absolute Gasteiger partial charge is 0.425 e. The lowest BCUT2D eigenvalue weighted by Gasteiger charge is -2.24. The van der Waals surface area contributed by atoms with Crippen LogP contribution in [0.3, 0.4) is 0 Å². The Labute approximate surface area is 492 Å². The lowest BCUT2D eigenvalue weighted by molar-refractivity contribution is 0.103. The fourth-order valence-electron chi connectivity index (χ4n) is 9.27. The number of nitrogens with zero attached hydrogens (tertiary/aromatic N) is 4. The molecule has 0 aliphatic rings. The predicted octanol–water partition coefficient (Wildman–Crippen LogP) is 16.4. The summed E-state index contributed by atoms with van der Waals surface area (Å²) in [5.41, 5.74) is 6.62. The average molecular weight is 1140 g/mol. The Balaban J connectivity index is 0.00000210. The van der Waals surface area contributed by atoms with Crippen molar-refractivity contribution in [3.05, 3.63) is 268 Å². The molecule has 85 heavy (non-hydrogen) atoms. The summed E-state index contributed by atoms with van der Waals surface area (Å²) in [6.45, 7) is 9.86. The molecule has 0 spiro atoms. The molecule has 15 heteroatoms. The van der Waals surface area contributed by atoms with Gasteiger partial charge in [-0.1, -0.05) is 117 Å². The Hall–Kier alpha value is -11.4. The van der Waals surface area contributed by atoms with Crippen molar-refractivity contribution < 1.29 is 45.9 Å². The van der Waals surface area contributed by atoms with Gasteiger partial charge in [-0.05, 0) is 151 Å². The summed E-state index contributed by atoms with van der Waals surface area (Å²) in [5.74, 6) is 3.47. The van der Waals surface area contributed by atoms with E-state index >= 15 is 4.79 Å². The number of pyridine rings is 1. The van der Waals surface area contributed by atoms with Gasteiger partial charge in [-0.25, -0.2) is 4.98 Å². The molecular formula is C70H50N4O10S. The van der Waals surface area contributed by atoms with Gasteiger partial charge in [-0.15, -0.1) is 12.6 Å². The first-order valence-electron chi connectivity index (χ1n) is 26.4. The van der Waals surface area contributed by atoms with Crippen molar-refractivity contribution >= 4 is 22.2 Å². The molecular weight excluding hydrogens is 1090 g/mol. The molecule has 0 aliphatic heterocycles. The van der Waals surface area contributed by atoms with Gasteiger partial charge in [0.2, 0.25) is 5.88 Å². The van der Waals surface area contributed by atoms with E-state index in [1.807, 2.05) is 107 Å². The molecule has 14 nitrogen and oxygen atoms in total. The number of ketones is 2. The van der Waals surface area contributed by atoms with Crippen LogP contribution in [-0.2, 0) is 16.0 Å². The second kappa shape index (κ2) is 26.0. The van der Waals surface area contributed by atoms with Crippen LogP contribution >= 0.6 is 0 Å². The minimum Gasteiger partial charge on any atom is -0.456 e. The first kappa shape index (κ1) is 58.2. The highest BCUT2D eigenvalue weighted by Gasteiger charge is 2.26. The Morgan fingerprint density at radius 1 is 0.435 bits per heavy atom. The molecule has 0 aliphatic carbocycles. The van der Waals surface area contributed by atoms with E-state index in [0.717, 1.165) is 16.7 Å². The number of aryl methyl sites for hydroxylation is 2. The van der Waals surface area contributed by atoms with Gasteiger partial charge in [-0.2, -0.15) is 15.8 Å². The van der Waals surface area contributed by atoms with E-state index in [4.69, 9.17) is 36.3 Å². The summed E-state index contributed by atoms with van der Waals surface area (Å²) in [5, 5.41) is 31.2. The first-order chi connectivity index (χ1) is 41.0. The van der Waals surface area contributed by atoms with E-state index < -0.39 is 16.0 Å². The predicted molar refractivity (Wildman–Crippen MR) is 319 cm³/mol. The summed E-state index contributed by atoms with van der Waals surface area (Å²) in [4.78, 5) is 33.4. The number of rotatable bonds is 16. The van der Waals surface area contributed by atoms with E-state index in [1.54, 1.807) is 140 Å². The normalized spacial score (nSPS) is 10.6. The van der Waals surface area contributed by atoms with Crippen molar-refractivity contribution in [3.63, 3.8) is 0 Å². The second-order valence-electron chi connectivity index (χ2n) is 20.2. The van der Waals surface area contributed by atoms with Crippen molar-refractivity contribution in [1.29, 1.82) is 15.8 Å². The minimum absolute atomic E-state index is 0.158. The van der Waals surface area contributed by atoms with Gasteiger partial charge in [0.15, 0.2) is 11.6 Å². The molecule has 1 heterocycles. The number of hydrogen-bond acceptors (Lipinski definition) is 14. The molecule has 0 N–H and O–H groups in total. The molecule has 0 fully saturated rings. The van der Waals surface area contributed by atoms with Crippen LogP contribution in [-0.4, -0.2) is 29.2 Å². The topological polar surface area (TPSA) is 216 Å². The highest BCUT2D eigenvalue weighted by atomic mass is 32.2. The van der Waals surface area contributed by atoms with Crippen molar-refractivity contribution in [3.8, 4) is 98.1 Å². The summed E-state index contributed by atoms with van der Waals surface area (Å²) in [6, 6.07) is 67.1. The van der Waals surface area contributed by atoms with Crippen LogP contribution in [0.1, 0.15) is 86.0 Å². The zero-order chi connectivity index (χ0) is 60.2. The van der Waals surface area contributed by atoms with Crippen LogP contribution in [0.2, 0.25) is 0 Å². The SMILES string of the molecule is Cc1ccc(-c2ccc(-c3cccc(Oc4ccc(Oc5cccc(Oc6ccc(Oc7cccc(C)c7C#N)cc6)c5C#N)c(C(C)(C)C)c4)c3C#N)c(C(=O)c3ccc(Oc4ccccn4)cc3)c2)c(C(=O)c2ccccc2)c1.O=S(=O)=O. The third kappa shape index (κ3) is 13.8. The van der Waals surface area contributed by atoms with E-state index in [0.29, 0.717) is 90.4 Å². The monoisotopic (exact) mass is 1140 g/mol. The Morgan fingerprint density at radius 2 is 0.941 bits per heavy atom. The lowest BCUT2D eigenvalue weighted by Crippen LogP contribution is -2.13. The maximum absolute atomic E-state index is 15.0. The van der Waals surface area contributed by atoms with E-state index in [9.17, 15) is 20.6 Å². The van der Waals surface area contributed by atoms with Crippen LogP contribution in [0.25, 0.3) is 22.3 Å². The molecule has 0 unspecified atom stereocenters.